The van der Waals surface area contributed by atoms with Gasteiger partial charge >= 0.3 is 0 Å². The van der Waals surface area contributed by atoms with Crippen LogP contribution in [-0.2, 0) is 19.2 Å². The summed E-state index contributed by atoms with van der Waals surface area (Å²) in [4.78, 5) is 53.7. The molecular formula is C28H33N3O7. The number of amides is 4. The van der Waals surface area contributed by atoms with Crippen molar-refractivity contribution in [3.63, 3.8) is 0 Å². The Labute approximate surface area is 221 Å². The summed E-state index contributed by atoms with van der Waals surface area (Å²) in [6.07, 6.45) is 3.20. The second-order valence-electron chi connectivity index (χ2n) is 9.35. The first-order valence-electron chi connectivity index (χ1n) is 13.0. The minimum atomic E-state index is -1.28. The number of anilines is 2. The van der Waals surface area contributed by atoms with Crippen molar-refractivity contribution in [3.05, 3.63) is 48.5 Å². The quantitative estimate of drug-likeness (QED) is 0.254. The lowest BCUT2D eigenvalue weighted by molar-refractivity contribution is -0.172. The lowest BCUT2D eigenvalue weighted by Crippen LogP contribution is -2.49. The third-order valence-corrected chi connectivity index (χ3v) is 6.61. The van der Waals surface area contributed by atoms with Crippen molar-refractivity contribution in [1.29, 1.82) is 0 Å². The molecule has 0 spiro atoms. The standard InChI is InChI=1S/C28H33N3O7/c1-3-5-15-37-21-11-7-19(8-12-21)29-25(32)17-23(27(29)34)31(36)24-18-26(33)30(28(24)35)20-9-13-22(14-10-20)38-16-6-4-2/h7-14,23-24,36H,3-6,15-18H2,1-2H3/t23-,24-/m1/s1. The maximum absolute atomic E-state index is 13.1. The number of hydrogen-bond donors (Lipinski definition) is 1. The Balaban J connectivity index is 1.42. The molecule has 0 aliphatic carbocycles. The highest BCUT2D eigenvalue weighted by atomic mass is 16.5. The second-order valence-corrected chi connectivity index (χ2v) is 9.35. The van der Waals surface area contributed by atoms with Crippen LogP contribution in [0.1, 0.15) is 52.4 Å². The molecule has 0 radical (unpaired) electrons. The highest BCUT2D eigenvalue weighted by molar-refractivity contribution is 6.24. The van der Waals surface area contributed by atoms with E-state index in [1.54, 1.807) is 48.5 Å². The van der Waals surface area contributed by atoms with Gasteiger partial charge in [-0.1, -0.05) is 26.7 Å². The van der Waals surface area contributed by atoms with Crippen molar-refractivity contribution in [2.75, 3.05) is 23.0 Å². The van der Waals surface area contributed by atoms with Crippen LogP contribution in [0.15, 0.2) is 48.5 Å². The molecule has 2 aliphatic heterocycles. The largest absolute Gasteiger partial charge is 0.494 e. The molecule has 4 amide bonds. The van der Waals surface area contributed by atoms with Gasteiger partial charge in [0.1, 0.15) is 23.6 Å². The molecule has 0 unspecified atom stereocenters. The molecule has 10 nitrogen and oxygen atoms in total. The van der Waals surface area contributed by atoms with Gasteiger partial charge < -0.3 is 14.7 Å². The first kappa shape index (κ1) is 27.3. The van der Waals surface area contributed by atoms with Crippen LogP contribution in [0.3, 0.4) is 0 Å². The Bertz CT molecular complexity index is 1070. The highest BCUT2D eigenvalue weighted by Crippen LogP contribution is 2.32. The van der Waals surface area contributed by atoms with Gasteiger partial charge in [-0.2, -0.15) is 5.06 Å². The molecule has 2 aliphatic rings. The van der Waals surface area contributed by atoms with Crippen LogP contribution in [0.5, 0.6) is 11.5 Å². The molecule has 1 N–H and O–H groups in total. The number of nitrogens with zero attached hydrogens (tertiary/aromatic N) is 3. The Kier molecular flexibility index (Phi) is 8.75. The van der Waals surface area contributed by atoms with Crippen LogP contribution in [-0.4, -0.2) is 59.2 Å². The number of imide groups is 2. The van der Waals surface area contributed by atoms with E-state index in [0.717, 1.165) is 35.5 Å². The maximum atomic E-state index is 13.1. The topological polar surface area (TPSA) is 117 Å². The summed E-state index contributed by atoms with van der Waals surface area (Å²) in [5, 5.41) is 11.4. The van der Waals surface area contributed by atoms with Crippen molar-refractivity contribution in [1.82, 2.24) is 5.06 Å². The van der Waals surface area contributed by atoms with E-state index in [1.807, 2.05) is 0 Å². The molecule has 2 fully saturated rings. The highest BCUT2D eigenvalue weighted by Gasteiger charge is 2.50. The average molecular weight is 524 g/mol. The summed E-state index contributed by atoms with van der Waals surface area (Å²) >= 11 is 0. The Morgan fingerprint density at radius 1 is 0.711 bits per heavy atom. The number of carbonyl (C=O) groups is 4. The maximum Gasteiger partial charge on any atom is 0.254 e. The van der Waals surface area contributed by atoms with Gasteiger partial charge in [0.15, 0.2) is 0 Å². The summed E-state index contributed by atoms with van der Waals surface area (Å²) in [7, 11) is 0. The predicted octanol–water partition coefficient (Wildman–Crippen LogP) is 3.70. The number of rotatable bonds is 12. The van der Waals surface area contributed by atoms with Gasteiger partial charge in [-0.05, 0) is 61.4 Å². The summed E-state index contributed by atoms with van der Waals surface area (Å²) in [6, 6.07) is 10.5. The monoisotopic (exact) mass is 523 g/mol. The number of carbonyl (C=O) groups excluding carboxylic acids is 4. The first-order chi connectivity index (χ1) is 18.3. The normalized spacial score (nSPS) is 19.7. The molecule has 0 bridgehead atoms. The Morgan fingerprint density at radius 2 is 1.08 bits per heavy atom. The number of hydroxylamine groups is 2. The van der Waals surface area contributed by atoms with Gasteiger partial charge in [0.2, 0.25) is 11.8 Å². The van der Waals surface area contributed by atoms with Crippen LogP contribution < -0.4 is 19.3 Å². The molecule has 4 rings (SSSR count). The average Bonchev–Trinajstić information content (AvgIpc) is 3.38. The van der Waals surface area contributed by atoms with E-state index < -0.39 is 35.7 Å². The lowest BCUT2D eigenvalue weighted by Gasteiger charge is -2.25. The van der Waals surface area contributed by atoms with Gasteiger partial charge in [0.25, 0.3) is 11.8 Å². The molecule has 0 saturated carbocycles. The van der Waals surface area contributed by atoms with Crippen LogP contribution in [0.2, 0.25) is 0 Å². The van der Waals surface area contributed by atoms with E-state index in [-0.39, 0.29) is 12.8 Å². The zero-order valence-electron chi connectivity index (χ0n) is 21.7. The van der Waals surface area contributed by atoms with Crippen LogP contribution in [0.25, 0.3) is 0 Å². The van der Waals surface area contributed by atoms with E-state index in [0.29, 0.717) is 41.2 Å². The third-order valence-electron chi connectivity index (χ3n) is 6.61. The summed E-state index contributed by atoms with van der Waals surface area (Å²) in [5.41, 5.74) is 0.686. The molecular weight excluding hydrogens is 490 g/mol. The minimum absolute atomic E-state index is 0.314. The van der Waals surface area contributed by atoms with Crippen molar-refractivity contribution < 1.29 is 33.9 Å². The van der Waals surface area contributed by atoms with Gasteiger partial charge in [-0.15, -0.1) is 0 Å². The van der Waals surface area contributed by atoms with Crippen LogP contribution in [0, 0.1) is 0 Å². The van der Waals surface area contributed by atoms with E-state index in [9.17, 15) is 24.4 Å². The van der Waals surface area contributed by atoms with Crippen molar-refractivity contribution in [2.45, 2.75) is 64.5 Å². The van der Waals surface area contributed by atoms with Crippen LogP contribution in [0.4, 0.5) is 11.4 Å². The number of benzene rings is 2. The second kappa shape index (κ2) is 12.2. The summed E-state index contributed by atoms with van der Waals surface area (Å²) < 4.78 is 11.2. The van der Waals surface area contributed by atoms with Gasteiger partial charge in [-0.3, -0.25) is 19.2 Å². The molecule has 2 saturated heterocycles. The molecule has 202 valence electrons. The van der Waals surface area contributed by atoms with E-state index in [1.165, 1.54) is 0 Å². The molecule has 10 heteroatoms. The van der Waals surface area contributed by atoms with Gasteiger partial charge in [0.05, 0.1) is 37.4 Å². The SMILES string of the molecule is CCCCOc1ccc(N2C(=O)C[C@@H](N(O)[C@@H]3CC(=O)N(c4ccc(OCCCC)cc4)C3=O)C2=O)cc1. The van der Waals surface area contributed by atoms with Crippen molar-refractivity contribution >= 4 is 35.0 Å². The van der Waals surface area contributed by atoms with Gasteiger partial charge in [0, 0.05) is 0 Å². The fourth-order valence-corrected chi connectivity index (χ4v) is 4.46. The van der Waals surface area contributed by atoms with E-state index in [4.69, 9.17) is 9.47 Å². The smallest absolute Gasteiger partial charge is 0.254 e. The van der Waals surface area contributed by atoms with Gasteiger partial charge in [-0.25, -0.2) is 9.80 Å². The predicted molar refractivity (Wildman–Crippen MR) is 139 cm³/mol. The lowest BCUT2D eigenvalue weighted by atomic mass is 10.1. The van der Waals surface area contributed by atoms with Crippen molar-refractivity contribution in [2.24, 2.45) is 0 Å². The fourth-order valence-electron chi connectivity index (χ4n) is 4.46. The molecule has 2 atom stereocenters. The Morgan fingerprint density at radius 3 is 1.42 bits per heavy atom. The molecule has 38 heavy (non-hydrogen) atoms. The van der Waals surface area contributed by atoms with E-state index >= 15 is 0 Å². The number of unbranched alkanes of at least 4 members (excludes halogenated alkanes) is 2. The molecule has 2 aromatic carbocycles. The summed E-state index contributed by atoms with van der Waals surface area (Å²) in [6.45, 7) is 5.26. The Hall–Kier alpha value is -3.76. The van der Waals surface area contributed by atoms with Crippen LogP contribution >= 0.6 is 0 Å². The fraction of sp³-hybridized carbons (Fsp3) is 0.429. The molecule has 2 aromatic rings. The number of ether oxygens (including phenoxy) is 2. The zero-order chi connectivity index (χ0) is 27.2. The molecule has 2 heterocycles. The summed E-state index contributed by atoms with van der Waals surface area (Å²) in [5.74, 6) is -1.10. The third kappa shape index (κ3) is 5.71. The molecule has 0 aromatic heterocycles. The zero-order valence-corrected chi connectivity index (χ0v) is 21.7. The van der Waals surface area contributed by atoms with Crippen molar-refractivity contribution in [3.8, 4) is 11.5 Å². The first-order valence-corrected chi connectivity index (χ1v) is 13.0. The minimum Gasteiger partial charge on any atom is -0.494 e. The number of hydrogen-bond acceptors (Lipinski definition) is 8. The van der Waals surface area contributed by atoms with E-state index in [2.05, 4.69) is 13.8 Å².